The van der Waals surface area contributed by atoms with Gasteiger partial charge in [0.1, 0.15) is 5.82 Å². The molecule has 2 unspecified atom stereocenters. The molecule has 1 rings (SSSR count). The molecule has 0 aliphatic rings. The molecule has 106 valence electrons. The number of rotatable bonds is 7. The summed E-state index contributed by atoms with van der Waals surface area (Å²) in [4.78, 5) is 13.0. The van der Waals surface area contributed by atoms with Gasteiger partial charge in [0.15, 0.2) is 0 Å². The van der Waals surface area contributed by atoms with Crippen LogP contribution >= 0.6 is 0 Å². The molecule has 3 nitrogen and oxygen atoms in total. The summed E-state index contributed by atoms with van der Waals surface area (Å²) in [5.74, 6) is -1.51. The van der Waals surface area contributed by atoms with E-state index in [9.17, 15) is 9.18 Å². The maximum absolute atomic E-state index is 13.7. The van der Waals surface area contributed by atoms with E-state index in [0.29, 0.717) is 18.7 Å². The molecule has 0 aromatic heterocycles. The lowest BCUT2D eigenvalue weighted by molar-refractivity contribution is -0.142. The highest BCUT2D eigenvalue weighted by Gasteiger charge is 2.20. The summed E-state index contributed by atoms with van der Waals surface area (Å²) in [6.07, 6.45) is 0.904. The molecule has 0 amide bonds. The zero-order valence-electron chi connectivity index (χ0n) is 11.8. The van der Waals surface area contributed by atoms with Crippen LogP contribution in [0, 0.1) is 11.7 Å². The molecule has 0 saturated heterocycles. The maximum atomic E-state index is 13.7. The molecule has 0 heterocycles. The van der Waals surface area contributed by atoms with E-state index in [0.717, 1.165) is 6.42 Å². The predicted molar refractivity (Wildman–Crippen MR) is 73.4 cm³/mol. The highest BCUT2D eigenvalue weighted by atomic mass is 19.1. The van der Waals surface area contributed by atoms with Gasteiger partial charge < -0.3 is 5.11 Å². The summed E-state index contributed by atoms with van der Waals surface area (Å²) in [6, 6.07) is 6.86. The van der Waals surface area contributed by atoms with Gasteiger partial charge in [-0.05, 0) is 19.4 Å². The van der Waals surface area contributed by atoms with Crippen molar-refractivity contribution in [2.45, 2.75) is 39.8 Å². The first-order valence-corrected chi connectivity index (χ1v) is 6.66. The van der Waals surface area contributed by atoms with Crippen molar-refractivity contribution >= 4 is 5.97 Å². The number of nitrogens with zero attached hydrogens (tertiary/aromatic N) is 1. The molecule has 1 aromatic carbocycles. The van der Waals surface area contributed by atoms with Crippen LogP contribution in [0.2, 0.25) is 0 Å². The van der Waals surface area contributed by atoms with Crippen LogP contribution in [0.25, 0.3) is 0 Å². The number of carboxylic acids is 1. The van der Waals surface area contributed by atoms with Crippen LogP contribution in [-0.4, -0.2) is 28.6 Å². The van der Waals surface area contributed by atoms with Gasteiger partial charge in [0.2, 0.25) is 0 Å². The van der Waals surface area contributed by atoms with Crippen molar-refractivity contribution in [3.8, 4) is 0 Å². The van der Waals surface area contributed by atoms with Crippen LogP contribution in [0.5, 0.6) is 0 Å². The molecule has 0 saturated carbocycles. The molecule has 0 aliphatic heterocycles. The lowest BCUT2D eigenvalue weighted by atomic mass is 10.1. The van der Waals surface area contributed by atoms with E-state index in [1.54, 1.807) is 25.1 Å². The molecule has 4 heteroatoms. The van der Waals surface area contributed by atoms with Crippen molar-refractivity contribution in [3.63, 3.8) is 0 Å². The Hall–Kier alpha value is -1.42. The van der Waals surface area contributed by atoms with Crippen molar-refractivity contribution in [1.82, 2.24) is 4.90 Å². The van der Waals surface area contributed by atoms with E-state index in [-0.39, 0.29) is 11.9 Å². The Bertz CT molecular complexity index is 422. The van der Waals surface area contributed by atoms with E-state index in [2.05, 4.69) is 0 Å². The number of aliphatic carboxylic acids is 1. The first kappa shape index (κ1) is 15.6. The average molecular weight is 267 g/mol. The van der Waals surface area contributed by atoms with Crippen molar-refractivity contribution < 1.29 is 14.3 Å². The highest BCUT2D eigenvalue weighted by molar-refractivity contribution is 5.69. The smallest absolute Gasteiger partial charge is 0.307 e. The van der Waals surface area contributed by atoms with Crippen LogP contribution in [0.3, 0.4) is 0 Å². The zero-order valence-corrected chi connectivity index (χ0v) is 11.8. The number of hydrogen-bond acceptors (Lipinski definition) is 2. The summed E-state index contributed by atoms with van der Waals surface area (Å²) >= 11 is 0. The van der Waals surface area contributed by atoms with E-state index in [1.807, 2.05) is 18.7 Å². The number of hydrogen-bond donors (Lipinski definition) is 1. The quantitative estimate of drug-likeness (QED) is 0.825. The Balaban J connectivity index is 2.81. The standard InChI is InChI=1S/C15H22FNO2/c1-4-12(3)17(9-11(2)15(18)19)10-13-7-5-6-8-14(13)16/h5-8,11-12H,4,9-10H2,1-3H3,(H,18,19). The van der Waals surface area contributed by atoms with Crippen LogP contribution in [-0.2, 0) is 11.3 Å². The minimum atomic E-state index is -0.818. The Morgan fingerprint density at radius 1 is 1.37 bits per heavy atom. The first-order valence-electron chi connectivity index (χ1n) is 6.66. The second-order valence-electron chi connectivity index (χ2n) is 5.02. The molecule has 2 atom stereocenters. The number of carboxylic acid groups (broad SMARTS) is 1. The van der Waals surface area contributed by atoms with Crippen LogP contribution in [0.15, 0.2) is 24.3 Å². The summed E-state index contributed by atoms with van der Waals surface area (Å²) < 4.78 is 13.7. The number of carbonyl (C=O) groups is 1. The fourth-order valence-electron chi connectivity index (χ4n) is 1.93. The Labute approximate surface area is 114 Å². The van der Waals surface area contributed by atoms with Crippen LogP contribution in [0.4, 0.5) is 4.39 Å². The molecule has 0 fully saturated rings. The third-order valence-corrected chi connectivity index (χ3v) is 3.48. The fraction of sp³-hybridized carbons (Fsp3) is 0.533. The lowest BCUT2D eigenvalue weighted by Gasteiger charge is -2.30. The largest absolute Gasteiger partial charge is 0.481 e. The molecular weight excluding hydrogens is 245 g/mol. The molecular formula is C15H22FNO2. The second kappa shape index (κ2) is 7.24. The minimum Gasteiger partial charge on any atom is -0.481 e. The van der Waals surface area contributed by atoms with Gasteiger partial charge in [0.05, 0.1) is 5.92 Å². The van der Waals surface area contributed by atoms with Crippen molar-refractivity contribution in [2.75, 3.05) is 6.54 Å². The van der Waals surface area contributed by atoms with Gasteiger partial charge in [-0.25, -0.2) is 4.39 Å². The van der Waals surface area contributed by atoms with Gasteiger partial charge in [-0.1, -0.05) is 32.0 Å². The van der Waals surface area contributed by atoms with Crippen LogP contribution in [0.1, 0.15) is 32.8 Å². The van der Waals surface area contributed by atoms with Gasteiger partial charge in [0.25, 0.3) is 0 Å². The Kier molecular flexibility index (Phi) is 5.96. The SMILES string of the molecule is CCC(C)N(Cc1ccccc1F)CC(C)C(=O)O. The third-order valence-electron chi connectivity index (χ3n) is 3.48. The van der Waals surface area contributed by atoms with E-state index >= 15 is 0 Å². The topological polar surface area (TPSA) is 40.5 Å². The Morgan fingerprint density at radius 3 is 2.53 bits per heavy atom. The summed E-state index contributed by atoms with van der Waals surface area (Å²) in [6.45, 7) is 6.64. The molecule has 0 bridgehead atoms. The predicted octanol–water partition coefficient (Wildman–Crippen LogP) is 3.15. The number of benzene rings is 1. The molecule has 0 aliphatic carbocycles. The Morgan fingerprint density at radius 2 is 2.00 bits per heavy atom. The van der Waals surface area contributed by atoms with Gasteiger partial charge in [0, 0.05) is 24.7 Å². The van der Waals surface area contributed by atoms with Crippen molar-refractivity contribution in [3.05, 3.63) is 35.6 Å². The maximum Gasteiger partial charge on any atom is 0.307 e. The summed E-state index contributed by atoms with van der Waals surface area (Å²) in [5.41, 5.74) is 0.611. The van der Waals surface area contributed by atoms with Gasteiger partial charge in [-0.2, -0.15) is 0 Å². The molecule has 1 N–H and O–H groups in total. The lowest BCUT2D eigenvalue weighted by Crippen LogP contribution is -2.37. The molecule has 0 spiro atoms. The molecule has 0 radical (unpaired) electrons. The summed E-state index contributed by atoms with van der Waals surface area (Å²) in [5, 5.41) is 9.01. The van der Waals surface area contributed by atoms with Crippen LogP contribution < -0.4 is 0 Å². The number of halogens is 1. The van der Waals surface area contributed by atoms with Gasteiger partial charge in [-0.15, -0.1) is 0 Å². The average Bonchev–Trinajstić information content (AvgIpc) is 2.39. The van der Waals surface area contributed by atoms with E-state index in [1.165, 1.54) is 6.07 Å². The summed E-state index contributed by atoms with van der Waals surface area (Å²) in [7, 11) is 0. The normalized spacial score (nSPS) is 14.4. The van der Waals surface area contributed by atoms with E-state index < -0.39 is 11.9 Å². The highest BCUT2D eigenvalue weighted by Crippen LogP contribution is 2.15. The van der Waals surface area contributed by atoms with Gasteiger partial charge in [-0.3, -0.25) is 9.69 Å². The van der Waals surface area contributed by atoms with Crippen molar-refractivity contribution in [1.29, 1.82) is 0 Å². The van der Waals surface area contributed by atoms with Gasteiger partial charge >= 0.3 is 5.97 Å². The third kappa shape index (κ3) is 4.63. The second-order valence-corrected chi connectivity index (χ2v) is 5.02. The fourth-order valence-corrected chi connectivity index (χ4v) is 1.93. The first-order chi connectivity index (χ1) is 8.95. The van der Waals surface area contributed by atoms with Crippen molar-refractivity contribution in [2.24, 2.45) is 5.92 Å². The zero-order chi connectivity index (χ0) is 14.4. The van der Waals surface area contributed by atoms with E-state index in [4.69, 9.17) is 5.11 Å². The minimum absolute atomic E-state index is 0.224. The molecule has 1 aromatic rings. The molecule has 19 heavy (non-hydrogen) atoms. The monoisotopic (exact) mass is 267 g/mol.